The summed E-state index contributed by atoms with van der Waals surface area (Å²) in [5.41, 5.74) is 3.45. The summed E-state index contributed by atoms with van der Waals surface area (Å²) < 4.78 is 0. The van der Waals surface area contributed by atoms with E-state index < -0.39 is 0 Å². The summed E-state index contributed by atoms with van der Waals surface area (Å²) in [5, 5.41) is 5.59. The molecule has 1 heterocycles. The quantitative estimate of drug-likeness (QED) is 0.829. The number of thiazole rings is 1. The van der Waals surface area contributed by atoms with Crippen LogP contribution < -0.4 is 5.32 Å². The molecule has 1 N–H and O–H groups in total. The second-order valence-corrected chi connectivity index (χ2v) is 5.62. The van der Waals surface area contributed by atoms with Crippen molar-refractivity contribution in [1.82, 2.24) is 10.3 Å². The fourth-order valence-electron chi connectivity index (χ4n) is 1.20. The number of aromatic nitrogens is 1. The molecule has 1 atom stereocenters. The Balaban J connectivity index is 2.26. The Hall–Kier alpha value is -0.410. The van der Waals surface area contributed by atoms with Crippen LogP contribution in [0.3, 0.4) is 0 Å². The molecule has 1 unspecified atom stereocenters. The van der Waals surface area contributed by atoms with Crippen molar-refractivity contribution in [3.63, 3.8) is 0 Å². The number of nitrogens with zero attached hydrogens (tertiary/aromatic N) is 1. The third kappa shape index (κ3) is 4.20. The first-order valence-electron chi connectivity index (χ1n) is 5.10. The zero-order valence-electron chi connectivity index (χ0n) is 9.50. The Kier molecular flexibility index (Phi) is 4.08. The van der Waals surface area contributed by atoms with E-state index in [1.54, 1.807) is 11.3 Å². The Morgan fingerprint density at radius 2 is 2.21 bits per heavy atom. The van der Waals surface area contributed by atoms with E-state index in [9.17, 15) is 0 Å². The molecule has 0 saturated carbocycles. The first kappa shape index (κ1) is 11.7. The first-order chi connectivity index (χ1) is 6.49. The highest BCUT2D eigenvalue weighted by molar-refractivity contribution is 7.07. The summed E-state index contributed by atoms with van der Waals surface area (Å²) in [6, 6.07) is 0.378. The van der Waals surface area contributed by atoms with Crippen molar-refractivity contribution in [1.29, 1.82) is 0 Å². The minimum atomic E-state index is 0.378. The Labute approximate surface area is 90.8 Å². The minimum Gasteiger partial charge on any atom is -0.309 e. The maximum atomic E-state index is 4.29. The second kappa shape index (κ2) is 4.89. The fourth-order valence-corrected chi connectivity index (χ4v) is 1.85. The van der Waals surface area contributed by atoms with E-state index in [2.05, 4.69) is 43.4 Å². The van der Waals surface area contributed by atoms with E-state index in [0.717, 1.165) is 12.2 Å². The molecule has 0 radical (unpaired) electrons. The summed E-state index contributed by atoms with van der Waals surface area (Å²) in [6.07, 6.45) is 1.20. The average molecular weight is 212 g/mol. The van der Waals surface area contributed by atoms with Crippen LogP contribution in [0, 0.1) is 5.41 Å². The first-order valence-corrected chi connectivity index (χ1v) is 6.05. The van der Waals surface area contributed by atoms with E-state index in [0.29, 0.717) is 11.5 Å². The molecule has 2 nitrogen and oxygen atoms in total. The minimum absolute atomic E-state index is 0.378. The van der Waals surface area contributed by atoms with Gasteiger partial charge in [0.05, 0.1) is 11.2 Å². The third-order valence-corrected chi connectivity index (χ3v) is 2.83. The van der Waals surface area contributed by atoms with Crippen molar-refractivity contribution >= 4 is 11.3 Å². The number of nitrogens with one attached hydrogen (secondary N) is 1. The molecule has 0 fully saturated rings. The molecule has 0 aliphatic carbocycles. The van der Waals surface area contributed by atoms with Crippen LogP contribution in [0.15, 0.2) is 10.9 Å². The second-order valence-electron chi connectivity index (χ2n) is 4.90. The Morgan fingerprint density at radius 3 is 2.71 bits per heavy atom. The van der Waals surface area contributed by atoms with Crippen molar-refractivity contribution in [2.75, 3.05) is 6.54 Å². The van der Waals surface area contributed by atoms with Crippen molar-refractivity contribution < 1.29 is 0 Å². The van der Waals surface area contributed by atoms with Gasteiger partial charge >= 0.3 is 0 Å². The highest BCUT2D eigenvalue weighted by Crippen LogP contribution is 2.18. The predicted molar refractivity (Wildman–Crippen MR) is 62.6 cm³/mol. The summed E-state index contributed by atoms with van der Waals surface area (Å²) in [6.45, 7) is 10.0. The zero-order chi connectivity index (χ0) is 10.6. The predicted octanol–water partition coefficient (Wildman–Crippen LogP) is 3.23. The van der Waals surface area contributed by atoms with Crippen molar-refractivity contribution in [2.24, 2.45) is 5.41 Å². The molecule has 3 heteroatoms. The van der Waals surface area contributed by atoms with Gasteiger partial charge in [-0.2, -0.15) is 0 Å². The van der Waals surface area contributed by atoms with Gasteiger partial charge in [-0.25, -0.2) is 4.98 Å². The summed E-state index contributed by atoms with van der Waals surface area (Å²) in [7, 11) is 0. The summed E-state index contributed by atoms with van der Waals surface area (Å²) in [4.78, 5) is 4.29. The lowest BCUT2D eigenvalue weighted by molar-refractivity contribution is 0.357. The van der Waals surface area contributed by atoms with E-state index in [4.69, 9.17) is 0 Å². The van der Waals surface area contributed by atoms with E-state index in [-0.39, 0.29) is 0 Å². The average Bonchev–Trinajstić information content (AvgIpc) is 2.53. The fraction of sp³-hybridized carbons (Fsp3) is 0.727. The van der Waals surface area contributed by atoms with Crippen LogP contribution in [0.4, 0.5) is 0 Å². The Morgan fingerprint density at radius 1 is 1.50 bits per heavy atom. The lowest BCUT2D eigenvalue weighted by Crippen LogP contribution is -2.23. The molecule has 0 amide bonds. The van der Waals surface area contributed by atoms with Gasteiger partial charge in [-0.15, -0.1) is 11.3 Å². The van der Waals surface area contributed by atoms with E-state index >= 15 is 0 Å². The van der Waals surface area contributed by atoms with Crippen molar-refractivity contribution in [3.05, 3.63) is 16.6 Å². The molecule has 1 aromatic heterocycles. The van der Waals surface area contributed by atoms with Gasteiger partial charge in [-0.05, 0) is 25.3 Å². The highest BCUT2D eigenvalue weighted by atomic mass is 32.1. The number of rotatable bonds is 4. The van der Waals surface area contributed by atoms with Gasteiger partial charge in [0.2, 0.25) is 0 Å². The molecular formula is C11H20N2S. The molecule has 0 saturated heterocycles. The van der Waals surface area contributed by atoms with Gasteiger partial charge in [-0.3, -0.25) is 0 Å². The highest BCUT2D eigenvalue weighted by Gasteiger charge is 2.11. The monoisotopic (exact) mass is 212 g/mol. The van der Waals surface area contributed by atoms with Crippen LogP contribution in [0.25, 0.3) is 0 Å². The molecule has 0 aromatic carbocycles. The number of hydrogen-bond acceptors (Lipinski definition) is 3. The summed E-state index contributed by atoms with van der Waals surface area (Å²) >= 11 is 1.66. The van der Waals surface area contributed by atoms with Gasteiger partial charge in [0, 0.05) is 11.4 Å². The molecular weight excluding hydrogens is 192 g/mol. The van der Waals surface area contributed by atoms with E-state index in [1.807, 2.05) is 5.51 Å². The van der Waals surface area contributed by atoms with E-state index in [1.165, 1.54) is 6.42 Å². The maximum absolute atomic E-state index is 4.29. The normalized spacial score (nSPS) is 14.3. The van der Waals surface area contributed by atoms with Crippen LogP contribution in [0.2, 0.25) is 0 Å². The van der Waals surface area contributed by atoms with Crippen LogP contribution in [0.1, 0.15) is 45.9 Å². The molecule has 1 aromatic rings. The van der Waals surface area contributed by atoms with Gasteiger partial charge in [0.1, 0.15) is 0 Å². The molecule has 0 spiro atoms. The largest absolute Gasteiger partial charge is 0.309 e. The van der Waals surface area contributed by atoms with Crippen LogP contribution in [-0.4, -0.2) is 11.5 Å². The van der Waals surface area contributed by atoms with Gasteiger partial charge in [-0.1, -0.05) is 20.8 Å². The molecule has 0 aliphatic heterocycles. The SMILES string of the molecule is CC(NCCC(C)(C)C)c1cscn1. The van der Waals surface area contributed by atoms with Gasteiger partial charge in [0.15, 0.2) is 0 Å². The van der Waals surface area contributed by atoms with Gasteiger partial charge < -0.3 is 5.32 Å². The molecule has 0 aliphatic rings. The zero-order valence-corrected chi connectivity index (χ0v) is 10.3. The third-order valence-electron chi connectivity index (χ3n) is 2.22. The van der Waals surface area contributed by atoms with Crippen LogP contribution >= 0.6 is 11.3 Å². The summed E-state index contributed by atoms with van der Waals surface area (Å²) in [5.74, 6) is 0. The molecule has 1 rings (SSSR count). The van der Waals surface area contributed by atoms with Crippen molar-refractivity contribution in [2.45, 2.75) is 40.2 Å². The molecule has 14 heavy (non-hydrogen) atoms. The Bertz CT molecular complexity index is 249. The lowest BCUT2D eigenvalue weighted by Gasteiger charge is -2.19. The van der Waals surface area contributed by atoms with Crippen molar-refractivity contribution in [3.8, 4) is 0 Å². The number of hydrogen-bond donors (Lipinski definition) is 1. The maximum Gasteiger partial charge on any atom is 0.0795 e. The molecule has 80 valence electrons. The van der Waals surface area contributed by atoms with Gasteiger partial charge in [0.25, 0.3) is 0 Å². The molecule has 0 bridgehead atoms. The topological polar surface area (TPSA) is 24.9 Å². The lowest BCUT2D eigenvalue weighted by atomic mass is 9.92. The van der Waals surface area contributed by atoms with Crippen LogP contribution in [-0.2, 0) is 0 Å². The van der Waals surface area contributed by atoms with Crippen LogP contribution in [0.5, 0.6) is 0 Å². The smallest absolute Gasteiger partial charge is 0.0795 e. The standard InChI is InChI=1S/C11H20N2S/c1-9(10-7-14-8-13-10)12-6-5-11(2,3)4/h7-9,12H,5-6H2,1-4H3.